The lowest BCUT2D eigenvalue weighted by molar-refractivity contribution is 0.975. The van der Waals surface area contributed by atoms with Gasteiger partial charge in [0.15, 0.2) is 0 Å². The molecule has 0 aliphatic heterocycles. The van der Waals surface area contributed by atoms with Gasteiger partial charge in [-0.25, -0.2) is 9.97 Å². The molecule has 0 amide bonds. The third-order valence-electron chi connectivity index (χ3n) is 1.48. The molecule has 0 N–H and O–H groups in total. The second-order valence-electron chi connectivity index (χ2n) is 2.46. The molecule has 0 unspecified atom stereocenters. The lowest BCUT2D eigenvalue weighted by atomic mass is 10.4. The maximum absolute atomic E-state index is 4.13. The van der Waals surface area contributed by atoms with Crippen molar-refractivity contribution in [2.45, 2.75) is 25.7 Å². The Morgan fingerprint density at radius 2 is 1.83 bits per heavy atom. The molecular formula is C9H12N2S. The number of thioether (sulfide) groups is 1. The molecule has 0 saturated heterocycles. The standard InChI is InChI=1S/C9H12N2S/c1-4-5-12-9-7(2)10-6-11-8(9)3/h4-6H,1-3H3/b5-4-. The van der Waals surface area contributed by atoms with E-state index in [-0.39, 0.29) is 0 Å². The highest BCUT2D eigenvalue weighted by atomic mass is 32.2. The maximum atomic E-state index is 4.13. The highest BCUT2D eigenvalue weighted by Gasteiger charge is 2.01. The molecule has 3 heteroatoms. The van der Waals surface area contributed by atoms with E-state index in [1.54, 1.807) is 18.1 Å². The van der Waals surface area contributed by atoms with Gasteiger partial charge in [-0.1, -0.05) is 17.8 Å². The summed E-state index contributed by atoms with van der Waals surface area (Å²) in [5.74, 6) is 0. The number of rotatable bonds is 2. The van der Waals surface area contributed by atoms with Crippen molar-refractivity contribution in [3.63, 3.8) is 0 Å². The molecule has 12 heavy (non-hydrogen) atoms. The zero-order valence-corrected chi connectivity index (χ0v) is 8.35. The van der Waals surface area contributed by atoms with E-state index >= 15 is 0 Å². The van der Waals surface area contributed by atoms with Crippen LogP contribution in [0.1, 0.15) is 18.3 Å². The molecule has 0 radical (unpaired) electrons. The Labute approximate surface area is 77.1 Å². The monoisotopic (exact) mass is 180 g/mol. The Kier molecular flexibility index (Phi) is 3.29. The molecule has 64 valence electrons. The predicted molar refractivity (Wildman–Crippen MR) is 52.2 cm³/mol. The fraction of sp³-hybridized carbons (Fsp3) is 0.333. The predicted octanol–water partition coefficient (Wildman–Crippen LogP) is 2.72. The molecule has 1 heterocycles. The van der Waals surface area contributed by atoms with Gasteiger partial charge < -0.3 is 0 Å². The Morgan fingerprint density at radius 1 is 1.25 bits per heavy atom. The van der Waals surface area contributed by atoms with E-state index in [1.165, 1.54) is 0 Å². The SMILES string of the molecule is C/C=C\Sc1c(C)ncnc1C. The van der Waals surface area contributed by atoms with Crippen molar-refractivity contribution < 1.29 is 0 Å². The molecular weight excluding hydrogens is 168 g/mol. The van der Waals surface area contributed by atoms with Gasteiger partial charge in [0.1, 0.15) is 6.33 Å². The number of aryl methyl sites for hydroxylation is 2. The average molecular weight is 180 g/mol. The van der Waals surface area contributed by atoms with Gasteiger partial charge in [0.25, 0.3) is 0 Å². The van der Waals surface area contributed by atoms with Crippen molar-refractivity contribution >= 4 is 11.8 Å². The van der Waals surface area contributed by atoms with Gasteiger partial charge in [-0.3, -0.25) is 0 Å². The van der Waals surface area contributed by atoms with Gasteiger partial charge in [-0.15, -0.1) is 0 Å². The second-order valence-corrected chi connectivity index (χ2v) is 3.38. The normalized spacial score (nSPS) is 10.9. The minimum Gasteiger partial charge on any atom is -0.240 e. The minimum absolute atomic E-state index is 1.05. The number of hydrogen-bond acceptors (Lipinski definition) is 3. The summed E-state index contributed by atoms with van der Waals surface area (Å²) in [4.78, 5) is 9.42. The van der Waals surface area contributed by atoms with E-state index in [1.807, 2.05) is 32.3 Å². The van der Waals surface area contributed by atoms with Crippen LogP contribution in [0.3, 0.4) is 0 Å². The van der Waals surface area contributed by atoms with Crippen LogP contribution in [-0.2, 0) is 0 Å². The van der Waals surface area contributed by atoms with Crippen LogP contribution in [0, 0.1) is 13.8 Å². The molecule has 0 atom stereocenters. The number of aromatic nitrogens is 2. The summed E-state index contributed by atoms with van der Waals surface area (Å²) in [5, 5.41) is 2.04. The van der Waals surface area contributed by atoms with Crippen LogP contribution in [0.15, 0.2) is 22.7 Å². The first-order valence-corrected chi connectivity index (χ1v) is 4.69. The molecule has 1 rings (SSSR count). The summed E-state index contributed by atoms with van der Waals surface area (Å²) in [6.45, 7) is 6.00. The topological polar surface area (TPSA) is 25.8 Å². The van der Waals surface area contributed by atoms with Crippen LogP contribution in [0.25, 0.3) is 0 Å². The Morgan fingerprint density at radius 3 is 2.33 bits per heavy atom. The smallest absolute Gasteiger partial charge is 0.115 e. The highest BCUT2D eigenvalue weighted by Crippen LogP contribution is 2.23. The fourth-order valence-corrected chi connectivity index (χ4v) is 1.61. The van der Waals surface area contributed by atoms with Crippen LogP contribution in [0.5, 0.6) is 0 Å². The van der Waals surface area contributed by atoms with E-state index < -0.39 is 0 Å². The van der Waals surface area contributed by atoms with Crippen LogP contribution in [0.4, 0.5) is 0 Å². The minimum atomic E-state index is 1.05. The second kappa shape index (κ2) is 4.26. The molecule has 1 aromatic heterocycles. The van der Waals surface area contributed by atoms with Crippen molar-refractivity contribution in [3.05, 3.63) is 29.2 Å². The molecule has 1 aromatic rings. The van der Waals surface area contributed by atoms with E-state index in [0.29, 0.717) is 0 Å². The Balaban J connectivity index is 2.96. The zero-order valence-electron chi connectivity index (χ0n) is 7.53. The fourth-order valence-electron chi connectivity index (χ4n) is 0.888. The molecule has 0 bridgehead atoms. The van der Waals surface area contributed by atoms with Crippen LogP contribution in [0.2, 0.25) is 0 Å². The molecule has 0 aliphatic carbocycles. The number of hydrogen-bond donors (Lipinski definition) is 0. The number of allylic oxidation sites excluding steroid dienone is 1. The van der Waals surface area contributed by atoms with Crippen LogP contribution < -0.4 is 0 Å². The van der Waals surface area contributed by atoms with Gasteiger partial charge in [-0.2, -0.15) is 0 Å². The van der Waals surface area contributed by atoms with Gasteiger partial charge >= 0.3 is 0 Å². The number of nitrogens with zero attached hydrogens (tertiary/aromatic N) is 2. The van der Waals surface area contributed by atoms with Crippen molar-refractivity contribution in [3.8, 4) is 0 Å². The third kappa shape index (κ3) is 2.08. The summed E-state index contributed by atoms with van der Waals surface area (Å²) >= 11 is 1.67. The lowest BCUT2D eigenvalue weighted by Gasteiger charge is -2.02. The van der Waals surface area contributed by atoms with E-state index in [9.17, 15) is 0 Å². The van der Waals surface area contributed by atoms with Crippen molar-refractivity contribution in [1.29, 1.82) is 0 Å². The summed E-state index contributed by atoms with van der Waals surface area (Å²) < 4.78 is 0. The molecule has 0 spiro atoms. The molecule has 2 nitrogen and oxygen atoms in total. The van der Waals surface area contributed by atoms with Crippen molar-refractivity contribution in [1.82, 2.24) is 9.97 Å². The molecule has 0 aliphatic rings. The molecule has 0 saturated carbocycles. The first kappa shape index (κ1) is 9.26. The van der Waals surface area contributed by atoms with E-state index in [0.717, 1.165) is 16.3 Å². The van der Waals surface area contributed by atoms with Crippen molar-refractivity contribution in [2.75, 3.05) is 0 Å². The Bertz CT molecular complexity index is 274. The maximum Gasteiger partial charge on any atom is 0.115 e. The van der Waals surface area contributed by atoms with Gasteiger partial charge in [0.2, 0.25) is 0 Å². The van der Waals surface area contributed by atoms with Gasteiger partial charge in [0, 0.05) is 0 Å². The molecule has 0 aromatic carbocycles. The highest BCUT2D eigenvalue weighted by molar-refractivity contribution is 8.02. The molecule has 0 fully saturated rings. The first-order valence-electron chi connectivity index (χ1n) is 3.81. The summed E-state index contributed by atoms with van der Waals surface area (Å²) in [6.07, 6.45) is 3.61. The average Bonchev–Trinajstić information content (AvgIpc) is 2.04. The van der Waals surface area contributed by atoms with Gasteiger partial charge in [0.05, 0.1) is 16.3 Å². The van der Waals surface area contributed by atoms with E-state index in [4.69, 9.17) is 0 Å². The summed E-state index contributed by atoms with van der Waals surface area (Å²) in [6, 6.07) is 0. The summed E-state index contributed by atoms with van der Waals surface area (Å²) in [5.41, 5.74) is 2.09. The lowest BCUT2D eigenvalue weighted by Crippen LogP contribution is -1.91. The van der Waals surface area contributed by atoms with Crippen LogP contribution in [-0.4, -0.2) is 9.97 Å². The zero-order chi connectivity index (χ0) is 8.97. The van der Waals surface area contributed by atoms with Gasteiger partial charge in [-0.05, 0) is 26.2 Å². The van der Waals surface area contributed by atoms with Crippen LogP contribution >= 0.6 is 11.8 Å². The first-order chi connectivity index (χ1) is 5.75. The quantitative estimate of drug-likeness (QED) is 0.654. The van der Waals surface area contributed by atoms with Crippen molar-refractivity contribution in [2.24, 2.45) is 0 Å². The Hall–Kier alpha value is -0.830. The summed E-state index contributed by atoms with van der Waals surface area (Å²) in [7, 11) is 0. The van der Waals surface area contributed by atoms with E-state index in [2.05, 4.69) is 9.97 Å². The third-order valence-corrected chi connectivity index (χ3v) is 2.72. The largest absolute Gasteiger partial charge is 0.240 e.